The van der Waals surface area contributed by atoms with E-state index in [0.29, 0.717) is 29.9 Å². The summed E-state index contributed by atoms with van der Waals surface area (Å²) < 4.78 is 14.5. The monoisotopic (exact) mass is 428 g/mol. The Labute approximate surface area is 177 Å². The van der Waals surface area contributed by atoms with E-state index in [0.717, 1.165) is 47.7 Å². The summed E-state index contributed by atoms with van der Waals surface area (Å²) in [6.07, 6.45) is 3.00. The molecule has 3 aromatic rings. The summed E-state index contributed by atoms with van der Waals surface area (Å²) in [6, 6.07) is 5.61. The molecule has 0 bridgehead atoms. The lowest BCUT2D eigenvalue weighted by molar-refractivity contribution is -0.122. The third-order valence-corrected chi connectivity index (χ3v) is 6.80. The smallest absolute Gasteiger partial charge is 0.278 e. The molecule has 30 heavy (non-hydrogen) atoms. The average Bonchev–Trinajstić information content (AvgIpc) is 3.39. The largest absolute Gasteiger partial charge is 0.497 e. The molecular formula is C21H24N4O4S. The average molecular weight is 429 g/mol. The van der Waals surface area contributed by atoms with Gasteiger partial charge in [-0.3, -0.25) is 14.2 Å². The number of methoxy groups -OCH3 is 1. The highest BCUT2D eigenvalue weighted by Gasteiger charge is 2.23. The van der Waals surface area contributed by atoms with Gasteiger partial charge in [-0.1, -0.05) is 11.8 Å². The number of hydrogen-bond donors (Lipinski definition) is 1. The van der Waals surface area contributed by atoms with Crippen LogP contribution in [-0.2, 0) is 22.6 Å². The molecule has 2 aliphatic rings. The van der Waals surface area contributed by atoms with Gasteiger partial charge in [-0.25, -0.2) is 4.98 Å². The number of carbonyl (C=O) groups excluding carboxylic acids is 1. The lowest BCUT2D eigenvalue weighted by Crippen LogP contribution is -2.35. The van der Waals surface area contributed by atoms with Gasteiger partial charge in [-0.15, -0.1) is 0 Å². The van der Waals surface area contributed by atoms with Gasteiger partial charge in [0.05, 0.1) is 18.7 Å². The molecule has 0 spiro atoms. The molecule has 0 aliphatic carbocycles. The molecule has 158 valence electrons. The number of benzene rings is 1. The molecule has 1 saturated heterocycles. The van der Waals surface area contributed by atoms with Crippen molar-refractivity contribution < 1.29 is 14.3 Å². The van der Waals surface area contributed by atoms with Crippen LogP contribution in [0.2, 0.25) is 0 Å². The van der Waals surface area contributed by atoms with Gasteiger partial charge in [0.15, 0.2) is 5.16 Å². The number of hydrogen-bond acceptors (Lipinski definition) is 6. The highest BCUT2D eigenvalue weighted by Crippen LogP contribution is 2.31. The van der Waals surface area contributed by atoms with Crippen LogP contribution in [0.4, 0.5) is 0 Å². The van der Waals surface area contributed by atoms with Crippen LogP contribution < -0.4 is 15.6 Å². The van der Waals surface area contributed by atoms with Crippen LogP contribution in [0.3, 0.4) is 0 Å². The van der Waals surface area contributed by atoms with Crippen molar-refractivity contribution in [3.8, 4) is 5.75 Å². The van der Waals surface area contributed by atoms with Crippen molar-refractivity contribution in [3.63, 3.8) is 0 Å². The number of aromatic nitrogens is 3. The van der Waals surface area contributed by atoms with Crippen molar-refractivity contribution in [1.29, 1.82) is 0 Å². The number of nitrogens with one attached hydrogen (secondary N) is 1. The molecule has 5 rings (SSSR count). The zero-order chi connectivity index (χ0) is 20.7. The van der Waals surface area contributed by atoms with Gasteiger partial charge in [0.25, 0.3) is 5.56 Å². The lowest BCUT2D eigenvalue weighted by Gasteiger charge is -2.17. The minimum atomic E-state index is -0.142. The summed E-state index contributed by atoms with van der Waals surface area (Å²) in [6.45, 7) is 1.95. The summed E-state index contributed by atoms with van der Waals surface area (Å²) in [5.41, 5.74) is 1.80. The quantitative estimate of drug-likeness (QED) is 0.627. The number of thioether (sulfide) groups is 1. The zero-order valence-corrected chi connectivity index (χ0v) is 17.7. The molecule has 1 fully saturated rings. The molecule has 9 heteroatoms. The third kappa shape index (κ3) is 3.35. The Balaban J connectivity index is 1.59. The van der Waals surface area contributed by atoms with Crippen molar-refractivity contribution in [2.75, 3.05) is 26.0 Å². The molecule has 1 unspecified atom stereocenters. The predicted octanol–water partition coefficient (Wildman–Crippen LogP) is 2.15. The fourth-order valence-electron chi connectivity index (χ4n) is 4.23. The number of rotatable bonds is 5. The maximum Gasteiger partial charge on any atom is 0.278 e. The molecule has 1 aromatic carbocycles. The molecule has 8 nitrogen and oxygen atoms in total. The maximum atomic E-state index is 13.4. The summed E-state index contributed by atoms with van der Waals surface area (Å²) in [5, 5.41) is 4.52. The zero-order valence-electron chi connectivity index (χ0n) is 16.8. The van der Waals surface area contributed by atoms with E-state index in [2.05, 4.69) is 5.32 Å². The normalized spacial score (nSPS) is 18.6. The first-order valence-electron chi connectivity index (χ1n) is 10.3. The Bertz CT molecular complexity index is 1180. The molecule has 4 heterocycles. The summed E-state index contributed by atoms with van der Waals surface area (Å²) in [7, 11) is 1.61. The van der Waals surface area contributed by atoms with Crippen molar-refractivity contribution in [3.05, 3.63) is 28.6 Å². The van der Waals surface area contributed by atoms with E-state index < -0.39 is 0 Å². The van der Waals surface area contributed by atoms with E-state index in [1.807, 2.05) is 18.2 Å². The second-order valence-electron chi connectivity index (χ2n) is 7.66. The van der Waals surface area contributed by atoms with Crippen LogP contribution in [-0.4, -0.2) is 52.1 Å². The van der Waals surface area contributed by atoms with Crippen LogP contribution in [0.15, 0.2) is 28.2 Å². The molecule has 2 aliphatic heterocycles. The number of amides is 1. The van der Waals surface area contributed by atoms with E-state index in [-0.39, 0.29) is 24.1 Å². The van der Waals surface area contributed by atoms with E-state index in [1.165, 1.54) is 0 Å². The SMILES string of the molecule is COc1ccc2c(c1)c1nc3n(c(=O)c1n2CC(=O)NCC1CCCO1)CCCS3. The Kier molecular flexibility index (Phi) is 5.16. The van der Waals surface area contributed by atoms with Gasteiger partial charge in [-0.2, -0.15) is 0 Å². The van der Waals surface area contributed by atoms with Crippen LogP contribution in [0.1, 0.15) is 19.3 Å². The third-order valence-electron chi connectivity index (χ3n) is 5.74. The van der Waals surface area contributed by atoms with Crippen molar-refractivity contribution in [2.24, 2.45) is 0 Å². The maximum absolute atomic E-state index is 13.4. The van der Waals surface area contributed by atoms with Crippen LogP contribution in [0.25, 0.3) is 21.9 Å². The van der Waals surface area contributed by atoms with Crippen molar-refractivity contribution in [2.45, 2.75) is 43.6 Å². The van der Waals surface area contributed by atoms with E-state index >= 15 is 0 Å². The van der Waals surface area contributed by atoms with Crippen molar-refractivity contribution >= 4 is 39.6 Å². The van der Waals surface area contributed by atoms with Gasteiger partial charge in [0.2, 0.25) is 5.91 Å². The molecular weight excluding hydrogens is 404 g/mol. The topological polar surface area (TPSA) is 87.4 Å². The number of nitrogens with zero attached hydrogens (tertiary/aromatic N) is 3. The summed E-state index contributed by atoms with van der Waals surface area (Å²) in [4.78, 5) is 30.9. The fraction of sp³-hybridized carbons (Fsp3) is 0.476. The Hall–Kier alpha value is -2.52. The molecule has 0 saturated carbocycles. The Morgan fingerprint density at radius 2 is 2.30 bits per heavy atom. The highest BCUT2D eigenvalue weighted by molar-refractivity contribution is 7.99. The lowest BCUT2D eigenvalue weighted by atomic mass is 10.2. The van der Waals surface area contributed by atoms with Gasteiger partial charge in [0, 0.05) is 30.8 Å². The molecule has 0 radical (unpaired) electrons. The standard InChI is InChI=1S/C21H24N4O4S/c1-28-13-5-6-16-15(10-13)18-19(20(27)24-7-3-9-30-21(24)23-18)25(16)12-17(26)22-11-14-4-2-8-29-14/h5-6,10,14H,2-4,7-9,11-12H2,1H3,(H,22,26). The van der Waals surface area contributed by atoms with Gasteiger partial charge in [-0.05, 0) is 37.5 Å². The van der Waals surface area contributed by atoms with Crippen LogP contribution in [0.5, 0.6) is 5.75 Å². The van der Waals surface area contributed by atoms with E-state index in [9.17, 15) is 9.59 Å². The van der Waals surface area contributed by atoms with Gasteiger partial charge < -0.3 is 19.4 Å². The fourth-order valence-corrected chi connectivity index (χ4v) is 5.18. The molecule has 2 aromatic heterocycles. The summed E-state index contributed by atoms with van der Waals surface area (Å²) >= 11 is 1.60. The number of ether oxygens (including phenoxy) is 2. The van der Waals surface area contributed by atoms with Gasteiger partial charge >= 0.3 is 0 Å². The van der Waals surface area contributed by atoms with Crippen LogP contribution in [0, 0.1) is 0 Å². The molecule has 1 N–H and O–H groups in total. The van der Waals surface area contributed by atoms with Gasteiger partial charge in [0.1, 0.15) is 23.3 Å². The molecule has 1 atom stereocenters. The predicted molar refractivity (Wildman–Crippen MR) is 115 cm³/mol. The highest BCUT2D eigenvalue weighted by atomic mass is 32.2. The Morgan fingerprint density at radius 3 is 3.10 bits per heavy atom. The Morgan fingerprint density at radius 1 is 1.40 bits per heavy atom. The number of carbonyl (C=O) groups is 1. The summed E-state index contributed by atoms with van der Waals surface area (Å²) in [5.74, 6) is 1.50. The van der Waals surface area contributed by atoms with E-state index in [1.54, 1.807) is 28.0 Å². The van der Waals surface area contributed by atoms with Crippen molar-refractivity contribution in [1.82, 2.24) is 19.4 Å². The molecule has 1 amide bonds. The minimum Gasteiger partial charge on any atom is -0.497 e. The first-order chi connectivity index (χ1) is 14.7. The van der Waals surface area contributed by atoms with Crippen LogP contribution >= 0.6 is 11.8 Å². The first-order valence-corrected chi connectivity index (χ1v) is 11.3. The number of fused-ring (bicyclic) bond motifs is 4. The second kappa shape index (κ2) is 7.96. The second-order valence-corrected chi connectivity index (χ2v) is 8.72. The minimum absolute atomic E-state index is 0.0580. The first kappa shape index (κ1) is 19.4. The van der Waals surface area contributed by atoms with E-state index in [4.69, 9.17) is 14.5 Å².